The number of carboxylic acid groups (broad SMARTS) is 1. The zero-order valence-electron chi connectivity index (χ0n) is 11.9. The van der Waals surface area contributed by atoms with Gasteiger partial charge in [-0.3, -0.25) is 4.31 Å². The summed E-state index contributed by atoms with van der Waals surface area (Å²) in [7, 11) is -0.969. The van der Waals surface area contributed by atoms with Crippen molar-refractivity contribution in [2.45, 2.75) is 4.90 Å². The molecule has 2 rings (SSSR count). The van der Waals surface area contributed by atoms with Crippen LogP contribution in [0.3, 0.4) is 0 Å². The normalized spacial score (nSPS) is 11.0. The molecule has 2 aromatic rings. The van der Waals surface area contributed by atoms with Crippen LogP contribution in [-0.2, 0) is 10.0 Å². The smallest absolute Gasteiger partial charge is 0.354 e. The van der Waals surface area contributed by atoms with Gasteiger partial charge in [-0.25, -0.2) is 18.2 Å². The highest BCUT2D eigenvalue weighted by Gasteiger charge is 2.22. The number of carboxylic acids is 1. The SMILES string of the molecule is COc1ccc(S(=O)(=O)N(C)c2ccnc(C(=O)O)c2)cc1. The molecule has 0 bridgehead atoms. The van der Waals surface area contributed by atoms with Gasteiger partial charge in [0.15, 0.2) is 0 Å². The van der Waals surface area contributed by atoms with Gasteiger partial charge in [0, 0.05) is 13.2 Å². The molecule has 0 atom stereocenters. The van der Waals surface area contributed by atoms with E-state index in [2.05, 4.69) is 4.98 Å². The summed E-state index contributed by atoms with van der Waals surface area (Å²) in [5, 5.41) is 8.92. The minimum Gasteiger partial charge on any atom is -0.497 e. The van der Waals surface area contributed by atoms with Crippen LogP contribution in [0.4, 0.5) is 5.69 Å². The number of anilines is 1. The van der Waals surface area contributed by atoms with E-state index < -0.39 is 16.0 Å². The molecular formula is C14H14N2O5S. The van der Waals surface area contributed by atoms with Crippen molar-refractivity contribution in [2.75, 3.05) is 18.5 Å². The van der Waals surface area contributed by atoms with Gasteiger partial charge in [0.25, 0.3) is 10.0 Å². The van der Waals surface area contributed by atoms with Gasteiger partial charge in [0.05, 0.1) is 17.7 Å². The molecule has 7 nitrogen and oxygen atoms in total. The van der Waals surface area contributed by atoms with Crippen LogP contribution in [0.1, 0.15) is 10.5 Å². The van der Waals surface area contributed by atoms with Crippen LogP contribution in [0.15, 0.2) is 47.5 Å². The van der Waals surface area contributed by atoms with Crippen molar-refractivity contribution in [3.05, 3.63) is 48.3 Å². The van der Waals surface area contributed by atoms with Gasteiger partial charge >= 0.3 is 5.97 Å². The predicted molar refractivity (Wildman–Crippen MR) is 79.8 cm³/mol. The largest absolute Gasteiger partial charge is 0.497 e. The maximum atomic E-state index is 12.5. The summed E-state index contributed by atoms with van der Waals surface area (Å²) in [6, 6.07) is 8.54. The Hall–Kier alpha value is -2.61. The zero-order chi connectivity index (χ0) is 16.3. The van der Waals surface area contributed by atoms with E-state index in [1.165, 1.54) is 56.8 Å². The van der Waals surface area contributed by atoms with Crippen LogP contribution in [0.25, 0.3) is 0 Å². The summed E-state index contributed by atoms with van der Waals surface area (Å²) in [5.41, 5.74) is -0.0162. The first-order valence-corrected chi connectivity index (χ1v) is 7.62. The van der Waals surface area contributed by atoms with Crippen molar-refractivity contribution in [2.24, 2.45) is 0 Å². The molecule has 22 heavy (non-hydrogen) atoms. The van der Waals surface area contributed by atoms with E-state index in [9.17, 15) is 13.2 Å². The molecule has 0 amide bonds. The van der Waals surface area contributed by atoms with E-state index in [1.807, 2.05) is 0 Å². The fraction of sp³-hybridized carbons (Fsp3) is 0.143. The minimum absolute atomic E-state index is 0.0736. The molecule has 8 heteroatoms. The molecule has 0 saturated heterocycles. The predicted octanol–water partition coefficient (Wildman–Crippen LogP) is 1.61. The number of benzene rings is 1. The quantitative estimate of drug-likeness (QED) is 0.898. The first-order chi connectivity index (χ1) is 10.4. The molecule has 1 aromatic heterocycles. The van der Waals surface area contributed by atoms with Crippen molar-refractivity contribution in [3.63, 3.8) is 0 Å². The number of aromatic nitrogens is 1. The van der Waals surface area contributed by atoms with E-state index in [-0.39, 0.29) is 16.3 Å². The molecule has 0 aliphatic heterocycles. The average molecular weight is 322 g/mol. The van der Waals surface area contributed by atoms with Crippen LogP contribution in [0, 0.1) is 0 Å². The Labute approximate surface area is 127 Å². The molecule has 0 unspecified atom stereocenters. The minimum atomic E-state index is -3.80. The second-order valence-electron chi connectivity index (χ2n) is 4.35. The Kier molecular flexibility index (Phi) is 4.32. The first-order valence-electron chi connectivity index (χ1n) is 6.18. The number of hydrogen-bond acceptors (Lipinski definition) is 5. The van der Waals surface area contributed by atoms with Crippen molar-refractivity contribution in [1.82, 2.24) is 4.98 Å². The summed E-state index contributed by atoms with van der Waals surface area (Å²) in [5.74, 6) is -0.684. The van der Waals surface area contributed by atoms with Crippen LogP contribution < -0.4 is 9.04 Å². The number of methoxy groups -OCH3 is 1. The molecular weight excluding hydrogens is 308 g/mol. The molecule has 0 radical (unpaired) electrons. The van der Waals surface area contributed by atoms with Gasteiger partial charge in [-0.1, -0.05) is 0 Å². The number of ether oxygens (including phenoxy) is 1. The van der Waals surface area contributed by atoms with Crippen molar-refractivity contribution in [3.8, 4) is 5.75 Å². The fourth-order valence-corrected chi connectivity index (χ4v) is 2.96. The van der Waals surface area contributed by atoms with Crippen LogP contribution >= 0.6 is 0 Å². The van der Waals surface area contributed by atoms with Crippen LogP contribution in [-0.4, -0.2) is 38.6 Å². The summed E-state index contributed by atoms with van der Waals surface area (Å²) >= 11 is 0. The second-order valence-corrected chi connectivity index (χ2v) is 6.32. The number of aromatic carboxylic acids is 1. The Balaban J connectivity index is 2.39. The molecule has 1 N–H and O–H groups in total. The van der Waals surface area contributed by atoms with Gasteiger partial charge in [-0.05, 0) is 36.4 Å². The summed E-state index contributed by atoms with van der Waals surface area (Å²) in [6.07, 6.45) is 1.25. The monoisotopic (exact) mass is 322 g/mol. The average Bonchev–Trinajstić information content (AvgIpc) is 2.54. The summed E-state index contributed by atoms with van der Waals surface area (Å²) < 4.78 is 31.1. The maximum absolute atomic E-state index is 12.5. The number of nitrogens with zero attached hydrogens (tertiary/aromatic N) is 2. The zero-order valence-corrected chi connectivity index (χ0v) is 12.7. The Morgan fingerprint density at radius 3 is 2.41 bits per heavy atom. The standard InChI is InChI=1S/C14H14N2O5S/c1-16(10-7-8-15-13(9-10)14(17)18)22(19,20)12-5-3-11(21-2)4-6-12/h3-9H,1-2H3,(H,17,18). The van der Waals surface area contributed by atoms with E-state index in [0.717, 1.165) is 4.31 Å². The molecule has 0 saturated carbocycles. The van der Waals surface area contributed by atoms with E-state index in [0.29, 0.717) is 5.75 Å². The Bertz CT molecular complexity index is 787. The van der Waals surface area contributed by atoms with Crippen molar-refractivity contribution in [1.29, 1.82) is 0 Å². The lowest BCUT2D eigenvalue weighted by Gasteiger charge is -2.19. The summed E-state index contributed by atoms with van der Waals surface area (Å²) in [6.45, 7) is 0. The third-order valence-corrected chi connectivity index (χ3v) is 4.84. The fourth-order valence-electron chi connectivity index (χ4n) is 1.78. The van der Waals surface area contributed by atoms with E-state index in [1.54, 1.807) is 0 Å². The molecule has 0 fully saturated rings. The molecule has 0 aliphatic carbocycles. The second kappa shape index (κ2) is 6.02. The third kappa shape index (κ3) is 3.01. The topological polar surface area (TPSA) is 96.8 Å². The lowest BCUT2D eigenvalue weighted by atomic mass is 10.3. The first kappa shape index (κ1) is 15.8. The highest BCUT2D eigenvalue weighted by Crippen LogP contribution is 2.23. The number of hydrogen-bond donors (Lipinski definition) is 1. The van der Waals surface area contributed by atoms with Crippen molar-refractivity contribution >= 4 is 21.7 Å². The van der Waals surface area contributed by atoms with Gasteiger partial charge in [0.1, 0.15) is 11.4 Å². The van der Waals surface area contributed by atoms with E-state index in [4.69, 9.17) is 9.84 Å². The molecule has 1 aromatic carbocycles. The number of sulfonamides is 1. The number of rotatable bonds is 5. The van der Waals surface area contributed by atoms with E-state index >= 15 is 0 Å². The number of carbonyl (C=O) groups is 1. The highest BCUT2D eigenvalue weighted by molar-refractivity contribution is 7.92. The van der Waals surface area contributed by atoms with Gasteiger partial charge in [-0.15, -0.1) is 0 Å². The number of pyridine rings is 1. The molecule has 0 spiro atoms. The Morgan fingerprint density at radius 1 is 1.23 bits per heavy atom. The maximum Gasteiger partial charge on any atom is 0.354 e. The lowest BCUT2D eigenvalue weighted by molar-refractivity contribution is 0.0690. The van der Waals surface area contributed by atoms with Gasteiger partial charge in [0.2, 0.25) is 0 Å². The highest BCUT2D eigenvalue weighted by atomic mass is 32.2. The molecule has 0 aliphatic rings. The Morgan fingerprint density at radius 2 is 1.86 bits per heavy atom. The van der Waals surface area contributed by atoms with Crippen molar-refractivity contribution < 1.29 is 23.1 Å². The summed E-state index contributed by atoms with van der Waals surface area (Å²) in [4.78, 5) is 14.7. The molecule has 1 heterocycles. The van der Waals surface area contributed by atoms with Gasteiger partial charge in [-0.2, -0.15) is 0 Å². The van der Waals surface area contributed by atoms with Gasteiger partial charge < -0.3 is 9.84 Å². The van der Waals surface area contributed by atoms with Crippen LogP contribution in [0.5, 0.6) is 5.75 Å². The third-order valence-electron chi connectivity index (χ3n) is 3.04. The van der Waals surface area contributed by atoms with Crippen LogP contribution in [0.2, 0.25) is 0 Å². The lowest BCUT2D eigenvalue weighted by Crippen LogP contribution is -2.26. The molecule has 116 valence electrons.